The Morgan fingerprint density at radius 2 is 2.14 bits per heavy atom. The maximum absolute atomic E-state index is 12.3. The molecule has 0 radical (unpaired) electrons. The van der Waals surface area contributed by atoms with Crippen LogP contribution in [0, 0.1) is 0 Å². The Morgan fingerprint density at radius 1 is 1.48 bits per heavy atom. The number of ether oxygens (including phenoxy) is 1. The first kappa shape index (κ1) is 15.2. The van der Waals surface area contributed by atoms with E-state index in [9.17, 15) is 18.0 Å². The summed E-state index contributed by atoms with van der Waals surface area (Å²) in [6, 6.07) is 3.69. The van der Waals surface area contributed by atoms with Gasteiger partial charge in [0.15, 0.2) is 5.75 Å². The van der Waals surface area contributed by atoms with Gasteiger partial charge in [0.05, 0.1) is 5.69 Å². The lowest BCUT2D eigenvalue weighted by Crippen LogP contribution is -2.33. The molecule has 1 aliphatic rings. The second-order valence-electron chi connectivity index (χ2n) is 4.78. The summed E-state index contributed by atoms with van der Waals surface area (Å²) < 4.78 is 40.2. The van der Waals surface area contributed by atoms with E-state index in [1.807, 2.05) is 0 Å². The van der Waals surface area contributed by atoms with Crippen molar-refractivity contribution in [1.82, 2.24) is 4.90 Å². The van der Waals surface area contributed by atoms with Crippen molar-refractivity contribution in [2.24, 2.45) is 0 Å². The van der Waals surface area contributed by atoms with Gasteiger partial charge in [0.25, 0.3) is 5.91 Å². The molecule has 21 heavy (non-hydrogen) atoms. The van der Waals surface area contributed by atoms with E-state index in [0.29, 0.717) is 6.54 Å². The molecular weight excluding hydrogens is 285 g/mol. The number of rotatable bonds is 5. The lowest BCUT2D eigenvalue weighted by atomic mass is 10.1. The van der Waals surface area contributed by atoms with Crippen molar-refractivity contribution in [2.75, 3.05) is 12.3 Å². The highest BCUT2D eigenvalue weighted by molar-refractivity contribution is 5.96. The average Bonchev–Trinajstić information content (AvgIpc) is 3.20. The molecule has 4 nitrogen and oxygen atoms in total. The van der Waals surface area contributed by atoms with Crippen molar-refractivity contribution in [3.05, 3.63) is 36.4 Å². The summed E-state index contributed by atoms with van der Waals surface area (Å²) in [6.45, 7) is 3.99. The van der Waals surface area contributed by atoms with Gasteiger partial charge in [-0.1, -0.05) is 6.08 Å². The van der Waals surface area contributed by atoms with Gasteiger partial charge >= 0.3 is 6.36 Å². The van der Waals surface area contributed by atoms with Crippen LogP contribution >= 0.6 is 0 Å². The van der Waals surface area contributed by atoms with Crippen molar-refractivity contribution in [1.29, 1.82) is 0 Å². The maximum atomic E-state index is 12.3. The Balaban J connectivity index is 2.18. The summed E-state index contributed by atoms with van der Waals surface area (Å²) in [7, 11) is 0. The summed E-state index contributed by atoms with van der Waals surface area (Å²) in [5, 5.41) is 0. The molecule has 1 amide bonds. The fourth-order valence-corrected chi connectivity index (χ4v) is 1.99. The van der Waals surface area contributed by atoms with Gasteiger partial charge in [-0.3, -0.25) is 4.79 Å². The van der Waals surface area contributed by atoms with E-state index in [1.165, 1.54) is 12.1 Å². The average molecular weight is 300 g/mol. The minimum Gasteiger partial charge on any atom is -0.404 e. The molecule has 2 N–H and O–H groups in total. The summed E-state index contributed by atoms with van der Waals surface area (Å²) >= 11 is 0. The topological polar surface area (TPSA) is 55.6 Å². The highest BCUT2D eigenvalue weighted by Crippen LogP contribution is 2.31. The molecule has 1 aliphatic carbocycles. The molecule has 114 valence electrons. The highest BCUT2D eigenvalue weighted by atomic mass is 19.4. The molecule has 0 bridgehead atoms. The maximum Gasteiger partial charge on any atom is 0.573 e. The van der Waals surface area contributed by atoms with Crippen LogP contribution in [-0.4, -0.2) is 29.8 Å². The molecular formula is C14H15F3N2O2. The van der Waals surface area contributed by atoms with Gasteiger partial charge < -0.3 is 15.4 Å². The molecule has 1 saturated carbocycles. The van der Waals surface area contributed by atoms with Crippen LogP contribution in [0.15, 0.2) is 30.9 Å². The molecule has 0 aliphatic heterocycles. The number of hydrogen-bond acceptors (Lipinski definition) is 3. The molecule has 7 heteroatoms. The van der Waals surface area contributed by atoms with Gasteiger partial charge in [0, 0.05) is 18.2 Å². The van der Waals surface area contributed by atoms with E-state index in [4.69, 9.17) is 5.73 Å². The van der Waals surface area contributed by atoms with Gasteiger partial charge in [-0.25, -0.2) is 0 Å². The molecule has 0 atom stereocenters. The quantitative estimate of drug-likeness (QED) is 0.672. The SMILES string of the molecule is C=CCN(C(=O)c1ccc(OC(F)(F)F)c(N)c1)C1CC1. The summed E-state index contributed by atoms with van der Waals surface area (Å²) in [5.74, 6) is -0.789. The predicted octanol–water partition coefficient (Wildman–Crippen LogP) is 2.96. The number of carbonyl (C=O) groups excluding carboxylic acids is 1. The first-order valence-electron chi connectivity index (χ1n) is 6.39. The lowest BCUT2D eigenvalue weighted by Gasteiger charge is -2.21. The van der Waals surface area contributed by atoms with Crippen LogP contribution in [0.2, 0.25) is 0 Å². The highest BCUT2D eigenvalue weighted by Gasteiger charge is 2.34. The number of anilines is 1. The van der Waals surface area contributed by atoms with E-state index in [1.54, 1.807) is 11.0 Å². The molecule has 0 aromatic heterocycles. The first-order valence-corrected chi connectivity index (χ1v) is 6.39. The van der Waals surface area contributed by atoms with Crippen molar-refractivity contribution in [3.8, 4) is 5.75 Å². The molecule has 1 aromatic rings. The number of hydrogen-bond donors (Lipinski definition) is 1. The minimum absolute atomic E-state index is 0.169. The Labute approximate surface area is 120 Å². The van der Waals surface area contributed by atoms with Gasteiger partial charge in [0.2, 0.25) is 0 Å². The molecule has 1 aromatic carbocycles. The molecule has 0 spiro atoms. The number of nitrogen functional groups attached to an aromatic ring is 1. The number of benzene rings is 1. The van der Waals surface area contributed by atoms with Crippen LogP contribution in [0.5, 0.6) is 5.75 Å². The zero-order valence-corrected chi connectivity index (χ0v) is 11.2. The Hall–Kier alpha value is -2.18. The molecule has 1 fully saturated rings. The fourth-order valence-electron chi connectivity index (χ4n) is 1.99. The van der Waals surface area contributed by atoms with Gasteiger partial charge in [0.1, 0.15) is 0 Å². The molecule has 0 saturated heterocycles. The number of carbonyl (C=O) groups is 1. The molecule has 2 rings (SSSR count). The van der Waals surface area contributed by atoms with Crippen LogP contribution in [0.25, 0.3) is 0 Å². The van der Waals surface area contributed by atoms with E-state index in [-0.39, 0.29) is 23.2 Å². The number of amides is 1. The van der Waals surface area contributed by atoms with Crippen LogP contribution in [0.1, 0.15) is 23.2 Å². The van der Waals surface area contributed by atoms with Crippen LogP contribution < -0.4 is 10.5 Å². The Morgan fingerprint density at radius 3 is 2.62 bits per heavy atom. The van der Waals surface area contributed by atoms with Crippen molar-refractivity contribution in [2.45, 2.75) is 25.2 Å². The molecule has 0 unspecified atom stereocenters. The summed E-state index contributed by atoms with van der Waals surface area (Å²) in [4.78, 5) is 14.0. The largest absolute Gasteiger partial charge is 0.573 e. The minimum atomic E-state index is -4.82. The predicted molar refractivity (Wildman–Crippen MR) is 71.8 cm³/mol. The third-order valence-corrected chi connectivity index (χ3v) is 3.06. The normalized spacial score (nSPS) is 14.6. The summed E-state index contributed by atoms with van der Waals surface area (Å²) in [6.07, 6.45) is -1.36. The Kier molecular flexibility index (Phi) is 4.11. The monoisotopic (exact) mass is 300 g/mol. The zero-order valence-electron chi connectivity index (χ0n) is 11.2. The number of nitrogens with two attached hydrogens (primary N) is 1. The Bertz CT molecular complexity index is 554. The number of alkyl halides is 3. The number of nitrogens with zero attached hydrogens (tertiary/aromatic N) is 1. The van der Waals surface area contributed by atoms with Gasteiger partial charge in [-0.05, 0) is 31.0 Å². The first-order chi connectivity index (χ1) is 9.81. The van der Waals surface area contributed by atoms with Crippen molar-refractivity contribution >= 4 is 11.6 Å². The van der Waals surface area contributed by atoms with E-state index in [0.717, 1.165) is 18.9 Å². The van der Waals surface area contributed by atoms with Crippen LogP contribution in [0.3, 0.4) is 0 Å². The fraction of sp³-hybridized carbons (Fsp3) is 0.357. The van der Waals surface area contributed by atoms with E-state index >= 15 is 0 Å². The van der Waals surface area contributed by atoms with Crippen LogP contribution in [-0.2, 0) is 0 Å². The zero-order chi connectivity index (χ0) is 15.6. The lowest BCUT2D eigenvalue weighted by molar-refractivity contribution is -0.274. The summed E-state index contributed by atoms with van der Waals surface area (Å²) in [5.41, 5.74) is 5.52. The van der Waals surface area contributed by atoms with Crippen molar-refractivity contribution in [3.63, 3.8) is 0 Å². The molecule has 0 heterocycles. The van der Waals surface area contributed by atoms with Crippen molar-refractivity contribution < 1.29 is 22.7 Å². The van der Waals surface area contributed by atoms with Gasteiger partial charge in [-0.2, -0.15) is 0 Å². The standard InChI is InChI=1S/C14H15F3N2O2/c1-2-7-19(10-4-5-10)13(20)9-3-6-12(11(18)8-9)21-14(15,16)17/h2-3,6,8,10H,1,4-5,7,18H2. The smallest absolute Gasteiger partial charge is 0.404 e. The van der Waals surface area contributed by atoms with Gasteiger partial charge in [-0.15, -0.1) is 19.8 Å². The van der Waals surface area contributed by atoms with E-state index < -0.39 is 12.1 Å². The van der Waals surface area contributed by atoms with E-state index in [2.05, 4.69) is 11.3 Å². The second-order valence-corrected chi connectivity index (χ2v) is 4.78. The third-order valence-electron chi connectivity index (χ3n) is 3.06. The van der Waals surface area contributed by atoms with Crippen LogP contribution in [0.4, 0.5) is 18.9 Å². The number of halogens is 3. The second kappa shape index (κ2) is 5.67. The third kappa shape index (κ3) is 3.90.